The molecule has 0 radical (unpaired) electrons. The van der Waals surface area contributed by atoms with Gasteiger partial charge in [0.15, 0.2) is 0 Å². The van der Waals surface area contributed by atoms with E-state index in [1.807, 2.05) is 12.1 Å². The topological polar surface area (TPSA) is 46.5 Å². The van der Waals surface area contributed by atoms with Crippen LogP contribution in [0.4, 0.5) is 0 Å². The van der Waals surface area contributed by atoms with Gasteiger partial charge in [0.2, 0.25) is 0 Å². The average Bonchev–Trinajstić information content (AvgIpc) is 2.19. The van der Waals surface area contributed by atoms with Crippen molar-refractivity contribution < 1.29 is 14.6 Å². The molecule has 0 saturated heterocycles. The van der Waals surface area contributed by atoms with E-state index in [9.17, 15) is 9.90 Å². The molecule has 82 valence electrons. The molecule has 0 fully saturated rings. The molecular weight excluding hydrogens is 260 g/mol. The van der Waals surface area contributed by atoms with Crippen LogP contribution in [0.15, 0.2) is 24.3 Å². The molecule has 15 heavy (non-hydrogen) atoms. The van der Waals surface area contributed by atoms with E-state index >= 15 is 0 Å². The zero-order valence-electron chi connectivity index (χ0n) is 8.44. The fourth-order valence-electron chi connectivity index (χ4n) is 1.29. The van der Waals surface area contributed by atoms with Gasteiger partial charge in [-0.05, 0) is 11.6 Å². The maximum atomic E-state index is 10.8. The summed E-state index contributed by atoms with van der Waals surface area (Å²) in [6.45, 7) is 1.38. The fourth-order valence-corrected chi connectivity index (χ4v) is 1.65. The number of hydrogen-bond acceptors (Lipinski definition) is 3. The standard InChI is InChI=1S/C11H13BrO3/c1-8(13)15-10(7-12)6-9-4-2-3-5-11(9)14/h2-5,10,14H,6-7H2,1H3. The summed E-state index contributed by atoms with van der Waals surface area (Å²) in [7, 11) is 0. The number of phenolic OH excluding ortho intramolecular Hbond substituents is 1. The summed E-state index contributed by atoms with van der Waals surface area (Å²) in [4.78, 5) is 10.8. The monoisotopic (exact) mass is 272 g/mol. The Balaban J connectivity index is 2.66. The molecule has 3 nitrogen and oxygen atoms in total. The van der Waals surface area contributed by atoms with Gasteiger partial charge >= 0.3 is 5.97 Å². The summed E-state index contributed by atoms with van der Waals surface area (Å²) in [6.07, 6.45) is 0.271. The van der Waals surface area contributed by atoms with Gasteiger partial charge in [0.05, 0.1) is 0 Å². The number of carbonyl (C=O) groups is 1. The Hall–Kier alpha value is -1.03. The highest BCUT2D eigenvalue weighted by molar-refractivity contribution is 9.09. The molecule has 0 saturated carbocycles. The predicted octanol–water partition coefficient (Wildman–Crippen LogP) is 2.26. The number of hydrogen-bond donors (Lipinski definition) is 1. The lowest BCUT2D eigenvalue weighted by Crippen LogP contribution is -2.20. The van der Waals surface area contributed by atoms with Gasteiger partial charge in [-0.2, -0.15) is 0 Å². The molecular formula is C11H13BrO3. The van der Waals surface area contributed by atoms with Crippen molar-refractivity contribution in [1.82, 2.24) is 0 Å². The number of carbonyl (C=O) groups excluding carboxylic acids is 1. The van der Waals surface area contributed by atoms with Crippen LogP contribution in [0.2, 0.25) is 0 Å². The SMILES string of the molecule is CC(=O)OC(CBr)Cc1ccccc1O. The highest BCUT2D eigenvalue weighted by atomic mass is 79.9. The molecule has 1 rings (SSSR count). The van der Waals surface area contributed by atoms with E-state index in [0.717, 1.165) is 5.56 Å². The highest BCUT2D eigenvalue weighted by Gasteiger charge is 2.13. The summed E-state index contributed by atoms with van der Waals surface area (Å²) >= 11 is 3.27. The number of phenols is 1. The lowest BCUT2D eigenvalue weighted by Gasteiger charge is -2.14. The third-order valence-electron chi connectivity index (χ3n) is 1.94. The molecule has 1 unspecified atom stereocenters. The summed E-state index contributed by atoms with van der Waals surface area (Å²) in [5.41, 5.74) is 0.781. The lowest BCUT2D eigenvalue weighted by atomic mass is 10.1. The number of rotatable bonds is 4. The molecule has 0 spiro atoms. The predicted molar refractivity (Wildman–Crippen MR) is 61.2 cm³/mol. The molecule has 4 heteroatoms. The molecule has 1 atom stereocenters. The summed E-state index contributed by atoms with van der Waals surface area (Å²) in [5, 5.41) is 10.1. The number of alkyl halides is 1. The van der Waals surface area contributed by atoms with E-state index in [4.69, 9.17) is 4.74 Å². The van der Waals surface area contributed by atoms with Crippen LogP contribution in [0.1, 0.15) is 12.5 Å². The van der Waals surface area contributed by atoms with Gasteiger partial charge in [0, 0.05) is 18.7 Å². The Morgan fingerprint density at radius 3 is 2.73 bits per heavy atom. The van der Waals surface area contributed by atoms with Crippen molar-refractivity contribution in [3.8, 4) is 5.75 Å². The number of benzene rings is 1. The second-order valence-corrected chi connectivity index (χ2v) is 3.87. The third-order valence-corrected chi connectivity index (χ3v) is 2.67. The molecule has 0 aliphatic heterocycles. The minimum absolute atomic E-state index is 0.232. The Morgan fingerprint density at radius 1 is 1.53 bits per heavy atom. The Labute approximate surface area is 97.2 Å². The van der Waals surface area contributed by atoms with Crippen molar-refractivity contribution in [2.75, 3.05) is 5.33 Å². The summed E-state index contributed by atoms with van der Waals surface area (Å²) in [6, 6.07) is 7.03. The molecule has 0 bridgehead atoms. The molecule has 0 aromatic heterocycles. The molecule has 0 aliphatic rings. The van der Waals surface area contributed by atoms with Crippen LogP contribution in [-0.2, 0) is 16.0 Å². The van der Waals surface area contributed by atoms with E-state index in [2.05, 4.69) is 15.9 Å². The van der Waals surface area contributed by atoms with Crippen molar-refractivity contribution in [2.45, 2.75) is 19.4 Å². The van der Waals surface area contributed by atoms with Gasteiger partial charge in [-0.15, -0.1) is 0 Å². The fraction of sp³-hybridized carbons (Fsp3) is 0.364. The van der Waals surface area contributed by atoms with Crippen LogP contribution in [0.25, 0.3) is 0 Å². The van der Waals surface area contributed by atoms with Crippen molar-refractivity contribution in [3.05, 3.63) is 29.8 Å². The number of ether oxygens (including phenoxy) is 1. The molecule has 1 aromatic carbocycles. The summed E-state index contributed by atoms with van der Waals surface area (Å²) in [5.74, 6) is -0.0783. The van der Waals surface area contributed by atoms with E-state index in [-0.39, 0.29) is 17.8 Å². The van der Waals surface area contributed by atoms with Crippen LogP contribution < -0.4 is 0 Å². The molecule has 0 aliphatic carbocycles. The minimum Gasteiger partial charge on any atom is -0.508 e. The van der Waals surface area contributed by atoms with E-state index in [1.165, 1.54) is 6.92 Å². The van der Waals surface area contributed by atoms with Crippen molar-refractivity contribution in [1.29, 1.82) is 0 Å². The number of aromatic hydroxyl groups is 1. The van der Waals surface area contributed by atoms with E-state index < -0.39 is 0 Å². The first-order valence-corrected chi connectivity index (χ1v) is 5.75. The van der Waals surface area contributed by atoms with Crippen molar-refractivity contribution in [2.24, 2.45) is 0 Å². The van der Waals surface area contributed by atoms with Gasteiger partial charge in [0.25, 0.3) is 0 Å². The van der Waals surface area contributed by atoms with Gasteiger partial charge < -0.3 is 9.84 Å². The molecule has 1 aromatic rings. The molecule has 0 heterocycles. The van der Waals surface area contributed by atoms with Crippen LogP contribution >= 0.6 is 15.9 Å². The maximum Gasteiger partial charge on any atom is 0.302 e. The number of para-hydroxylation sites is 1. The largest absolute Gasteiger partial charge is 0.508 e. The normalized spacial score (nSPS) is 12.1. The third kappa shape index (κ3) is 3.91. The first-order chi connectivity index (χ1) is 7.13. The van der Waals surface area contributed by atoms with Gasteiger partial charge in [-0.25, -0.2) is 0 Å². The molecule has 0 amide bonds. The summed E-state index contributed by atoms with van der Waals surface area (Å²) < 4.78 is 5.06. The average molecular weight is 273 g/mol. The van der Waals surface area contributed by atoms with Crippen LogP contribution in [0.3, 0.4) is 0 Å². The van der Waals surface area contributed by atoms with E-state index in [1.54, 1.807) is 12.1 Å². The second-order valence-electron chi connectivity index (χ2n) is 3.22. The van der Waals surface area contributed by atoms with Crippen molar-refractivity contribution in [3.63, 3.8) is 0 Å². The minimum atomic E-state index is -0.310. The Bertz CT molecular complexity index is 338. The zero-order valence-corrected chi connectivity index (χ0v) is 10.0. The van der Waals surface area contributed by atoms with Crippen LogP contribution in [0.5, 0.6) is 5.75 Å². The first kappa shape index (κ1) is 12.0. The number of halogens is 1. The van der Waals surface area contributed by atoms with E-state index in [0.29, 0.717) is 11.8 Å². The van der Waals surface area contributed by atoms with Gasteiger partial charge in [-0.3, -0.25) is 4.79 Å². The Kier molecular flexibility index (Phi) is 4.62. The van der Waals surface area contributed by atoms with Gasteiger partial charge in [0.1, 0.15) is 11.9 Å². The number of esters is 1. The van der Waals surface area contributed by atoms with Crippen LogP contribution in [0, 0.1) is 0 Å². The van der Waals surface area contributed by atoms with Gasteiger partial charge in [-0.1, -0.05) is 34.1 Å². The second kappa shape index (κ2) is 5.75. The van der Waals surface area contributed by atoms with Crippen LogP contribution in [-0.4, -0.2) is 22.5 Å². The first-order valence-electron chi connectivity index (χ1n) is 4.63. The quantitative estimate of drug-likeness (QED) is 0.676. The zero-order chi connectivity index (χ0) is 11.3. The lowest BCUT2D eigenvalue weighted by molar-refractivity contribution is -0.145. The Morgan fingerprint density at radius 2 is 2.20 bits per heavy atom. The van der Waals surface area contributed by atoms with Crippen molar-refractivity contribution >= 4 is 21.9 Å². The maximum absolute atomic E-state index is 10.8. The molecule has 1 N–H and O–H groups in total. The highest BCUT2D eigenvalue weighted by Crippen LogP contribution is 2.19. The smallest absolute Gasteiger partial charge is 0.302 e.